The van der Waals surface area contributed by atoms with Gasteiger partial charge in [-0.05, 0) is 12.8 Å². The molecule has 0 aromatic rings. The fraction of sp³-hybridized carbons (Fsp3) is 0.889. The molecule has 0 heterocycles. The van der Waals surface area contributed by atoms with Crippen LogP contribution in [0.2, 0.25) is 0 Å². The van der Waals surface area contributed by atoms with Gasteiger partial charge in [0.1, 0.15) is 0 Å². The maximum Gasteiger partial charge on any atom is 0.185 e. The molecule has 0 aliphatic carbocycles. The lowest BCUT2D eigenvalue weighted by molar-refractivity contribution is -0.109. The van der Waals surface area contributed by atoms with Crippen molar-refractivity contribution in [3.8, 4) is 0 Å². The zero-order valence-electron chi connectivity index (χ0n) is 7.64. The highest BCUT2D eigenvalue weighted by Crippen LogP contribution is 2.09. The predicted octanol–water partition coefficient (Wildman–Crippen LogP) is 3.19. The van der Waals surface area contributed by atoms with Crippen LogP contribution < -0.4 is 0 Å². The van der Waals surface area contributed by atoms with Crippen molar-refractivity contribution in [1.29, 1.82) is 0 Å². The van der Waals surface area contributed by atoms with Crippen LogP contribution in [0.25, 0.3) is 0 Å². The summed E-state index contributed by atoms with van der Waals surface area (Å²) >= 11 is 1.38. The van der Waals surface area contributed by atoms with Gasteiger partial charge in [-0.1, -0.05) is 31.0 Å². The van der Waals surface area contributed by atoms with Crippen LogP contribution in [0.3, 0.4) is 0 Å². The number of carbonyl (C=O) groups is 1. The molecule has 3 heteroatoms. The minimum Gasteiger partial charge on any atom is -0.288 e. The number of carbonyl (C=O) groups excluding carboxylic acids is 1. The Balaban J connectivity index is 2.86. The lowest BCUT2D eigenvalue weighted by Gasteiger charge is -1.98. The largest absolute Gasteiger partial charge is 0.288 e. The van der Waals surface area contributed by atoms with E-state index in [2.05, 4.69) is 0 Å². The van der Waals surface area contributed by atoms with E-state index in [-0.39, 0.29) is 11.8 Å². The van der Waals surface area contributed by atoms with Crippen LogP contribution >= 0.6 is 11.8 Å². The standard InChI is InChI=1S/C9H17FOS/c1-9(11)12-8-6-4-2-3-5-7-10/h2-8H2,1H3. The Morgan fingerprint density at radius 3 is 2.33 bits per heavy atom. The highest BCUT2D eigenvalue weighted by Gasteiger charge is 1.94. The summed E-state index contributed by atoms with van der Waals surface area (Å²) in [5, 5.41) is 0.193. The minimum atomic E-state index is -0.192. The average molecular weight is 192 g/mol. The summed E-state index contributed by atoms with van der Waals surface area (Å²) in [6.07, 6.45) is 4.99. The summed E-state index contributed by atoms with van der Waals surface area (Å²) in [7, 11) is 0. The van der Waals surface area contributed by atoms with Gasteiger partial charge >= 0.3 is 0 Å². The molecule has 0 spiro atoms. The average Bonchev–Trinajstić information content (AvgIpc) is 2.02. The Morgan fingerprint density at radius 2 is 1.75 bits per heavy atom. The SMILES string of the molecule is CC(=O)SCCCCCCCF. The number of hydrogen-bond acceptors (Lipinski definition) is 2. The molecule has 0 saturated carbocycles. The van der Waals surface area contributed by atoms with Crippen molar-refractivity contribution < 1.29 is 9.18 Å². The molecule has 0 N–H and O–H groups in total. The third-order valence-electron chi connectivity index (χ3n) is 1.58. The molecule has 0 unspecified atom stereocenters. The van der Waals surface area contributed by atoms with Crippen LogP contribution in [0.5, 0.6) is 0 Å². The molecular weight excluding hydrogens is 175 g/mol. The zero-order chi connectivity index (χ0) is 9.23. The molecule has 0 atom stereocenters. The molecule has 0 amide bonds. The van der Waals surface area contributed by atoms with Gasteiger partial charge < -0.3 is 0 Å². The molecule has 0 fully saturated rings. The highest BCUT2D eigenvalue weighted by atomic mass is 32.2. The van der Waals surface area contributed by atoms with E-state index >= 15 is 0 Å². The minimum absolute atomic E-state index is 0.192. The Kier molecular flexibility index (Phi) is 9.00. The maximum atomic E-state index is 11.6. The number of halogens is 1. The van der Waals surface area contributed by atoms with Gasteiger partial charge in [-0.25, -0.2) is 0 Å². The highest BCUT2D eigenvalue weighted by molar-refractivity contribution is 8.13. The molecular formula is C9H17FOS. The van der Waals surface area contributed by atoms with Crippen molar-refractivity contribution in [2.75, 3.05) is 12.4 Å². The van der Waals surface area contributed by atoms with Gasteiger partial charge in [-0.2, -0.15) is 0 Å². The molecule has 1 nitrogen and oxygen atoms in total. The van der Waals surface area contributed by atoms with Gasteiger partial charge in [-0.15, -0.1) is 0 Å². The summed E-state index contributed by atoms with van der Waals surface area (Å²) in [4.78, 5) is 10.5. The van der Waals surface area contributed by atoms with Crippen molar-refractivity contribution >= 4 is 16.9 Å². The zero-order valence-corrected chi connectivity index (χ0v) is 8.46. The Bertz CT molecular complexity index is 117. The molecule has 0 saturated heterocycles. The van der Waals surface area contributed by atoms with E-state index < -0.39 is 0 Å². The van der Waals surface area contributed by atoms with Crippen LogP contribution in [0.4, 0.5) is 4.39 Å². The molecule has 0 radical (unpaired) electrons. The lowest BCUT2D eigenvalue weighted by Crippen LogP contribution is -1.87. The van der Waals surface area contributed by atoms with Crippen molar-refractivity contribution in [2.24, 2.45) is 0 Å². The van der Waals surface area contributed by atoms with Crippen molar-refractivity contribution in [2.45, 2.75) is 39.0 Å². The first-order chi connectivity index (χ1) is 5.77. The number of thioether (sulfide) groups is 1. The van der Waals surface area contributed by atoms with E-state index in [1.165, 1.54) is 11.8 Å². The second-order valence-corrected chi connectivity index (χ2v) is 4.07. The van der Waals surface area contributed by atoms with Gasteiger partial charge in [0, 0.05) is 12.7 Å². The van der Waals surface area contributed by atoms with Gasteiger partial charge in [0.2, 0.25) is 0 Å². The first kappa shape index (κ1) is 11.9. The Hall–Kier alpha value is -0.0500. The predicted molar refractivity (Wildman–Crippen MR) is 52.2 cm³/mol. The van der Waals surface area contributed by atoms with Crippen molar-refractivity contribution in [3.05, 3.63) is 0 Å². The molecule has 0 bridgehead atoms. The van der Waals surface area contributed by atoms with E-state index in [1.807, 2.05) is 0 Å². The molecule has 0 aromatic heterocycles. The number of unbranched alkanes of at least 4 members (excludes halogenated alkanes) is 4. The summed E-state index contributed by atoms with van der Waals surface area (Å²) in [6, 6.07) is 0. The first-order valence-corrected chi connectivity index (χ1v) is 5.45. The summed E-state index contributed by atoms with van der Waals surface area (Å²) in [5.41, 5.74) is 0. The maximum absolute atomic E-state index is 11.6. The first-order valence-electron chi connectivity index (χ1n) is 4.46. The molecule has 12 heavy (non-hydrogen) atoms. The van der Waals surface area contributed by atoms with E-state index in [0.29, 0.717) is 6.42 Å². The van der Waals surface area contributed by atoms with Crippen molar-refractivity contribution in [1.82, 2.24) is 0 Å². The summed E-state index contributed by atoms with van der Waals surface area (Å²) in [6.45, 7) is 1.40. The van der Waals surface area contributed by atoms with Crippen LogP contribution in [-0.2, 0) is 4.79 Å². The van der Waals surface area contributed by atoms with E-state index in [9.17, 15) is 9.18 Å². The second kappa shape index (κ2) is 9.04. The third kappa shape index (κ3) is 9.95. The van der Waals surface area contributed by atoms with Gasteiger partial charge in [0.15, 0.2) is 5.12 Å². The van der Waals surface area contributed by atoms with Crippen LogP contribution in [0.1, 0.15) is 39.0 Å². The van der Waals surface area contributed by atoms with Crippen LogP contribution in [0, 0.1) is 0 Å². The molecule has 72 valence electrons. The quantitative estimate of drug-likeness (QED) is 0.576. The molecule has 0 aliphatic rings. The fourth-order valence-corrected chi connectivity index (χ4v) is 1.58. The Morgan fingerprint density at radius 1 is 1.17 bits per heavy atom. The third-order valence-corrected chi connectivity index (χ3v) is 2.48. The topological polar surface area (TPSA) is 17.1 Å². The van der Waals surface area contributed by atoms with Gasteiger partial charge in [0.25, 0.3) is 0 Å². The van der Waals surface area contributed by atoms with Crippen LogP contribution in [0.15, 0.2) is 0 Å². The smallest absolute Gasteiger partial charge is 0.185 e. The molecule has 0 rings (SSSR count). The summed E-state index contributed by atoms with van der Waals surface area (Å²) in [5.74, 6) is 0.922. The molecule has 0 aromatic carbocycles. The lowest BCUT2D eigenvalue weighted by atomic mass is 10.2. The summed E-state index contributed by atoms with van der Waals surface area (Å²) < 4.78 is 11.6. The van der Waals surface area contributed by atoms with Crippen LogP contribution in [-0.4, -0.2) is 17.5 Å². The van der Waals surface area contributed by atoms with E-state index in [1.54, 1.807) is 6.92 Å². The Labute approximate surface area is 78.1 Å². The van der Waals surface area contributed by atoms with Crippen molar-refractivity contribution in [3.63, 3.8) is 0 Å². The van der Waals surface area contributed by atoms with E-state index in [4.69, 9.17) is 0 Å². The molecule has 0 aliphatic heterocycles. The van der Waals surface area contributed by atoms with Gasteiger partial charge in [-0.3, -0.25) is 9.18 Å². The fourth-order valence-electron chi connectivity index (χ4n) is 0.943. The van der Waals surface area contributed by atoms with E-state index in [0.717, 1.165) is 31.4 Å². The normalized spacial score (nSPS) is 10.2. The second-order valence-electron chi connectivity index (χ2n) is 2.80. The number of alkyl halides is 1. The monoisotopic (exact) mass is 192 g/mol. The number of rotatable bonds is 7. The van der Waals surface area contributed by atoms with Gasteiger partial charge in [0.05, 0.1) is 6.67 Å². The number of hydrogen-bond donors (Lipinski definition) is 0.